The molecule has 0 unspecified atom stereocenters. The molecule has 1 aliphatic carbocycles. The van der Waals surface area contributed by atoms with Crippen molar-refractivity contribution in [2.75, 3.05) is 0 Å². The van der Waals surface area contributed by atoms with Gasteiger partial charge in [-0.15, -0.1) is 11.3 Å². The third kappa shape index (κ3) is 2.24. The van der Waals surface area contributed by atoms with Crippen molar-refractivity contribution < 1.29 is 9.32 Å². The minimum Gasteiger partial charge on any atom is -0.340 e. The molecule has 5 nitrogen and oxygen atoms in total. The van der Waals surface area contributed by atoms with Crippen LogP contribution in [-0.4, -0.2) is 16.0 Å². The largest absolute Gasteiger partial charge is 0.340 e. The molecule has 1 fully saturated rings. The van der Waals surface area contributed by atoms with E-state index in [-0.39, 0.29) is 5.91 Å². The van der Waals surface area contributed by atoms with Crippen LogP contribution in [0.4, 0.5) is 0 Å². The summed E-state index contributed by atoms with van der Waals surface area (Å²) in [4.78, 5) is 17.6. The maximum atomic E-state index is 12.5. The van der Waals surface area contributed by atoms with Crippen LogP contribution < -0.4 is 5.32 Å². The molecule has 3 rings (SSSR count). The van der Waals surface area contributed by atoms with Gasteiger partial charge in [0.15, 0.2) is 5.82 Å². The summed E-state index contributed by atoms with van der Waals surface area (Å²) in [6, 6.07) is 1.96. The Morgan fingerprint density at radius 2 is 2.15 bits per heavy atom. The minimum atomic E-state index is -0.467. The molecular formula is C14H17N3O2S. The molecule has 2 heterocycles. The SMILES string of the molecule is Cc1nc(C2(NC(=O)c3sccc3C)CCCC2)no1. The highest BCUT2D eigenvalue weighted by Crippen LogP contribution is 2.37. The maximum absolute atomic E-state index is 12.5. The average molecular weight is 291 g/mol. The van der Waals surface area contributed by atoms with E-state index in [2.05, 4.69) is 15.5 Å². The second-order valence-corrected chi connectivity index (χ2v) is 6.23. The Labute approximate surface area is 121 Å². The predicted molar refractivity (Wildman–Crippen MR) is 75.7 cm³/mol. The van der Waals surface area contributed by atoms with Crippen LogP contribution in [-0.2, 0) is 5.54 Å². The number of nitrogens with zero attached hydrogens (tertiary/aromatic N) is 2. The monoisotopic (exact) mass is 291 g/mol. The molecule has 0 aliphatic heterocycles. The molecule has 1 amide bonds. The van der Waals surface area contributed by atoms with E-state index in [1.165, 1.54) is 11.3 Å². The summed E-state index contributed by atoms with van der Waals surface area (Å²) in [5, 5.41) is 9.12. The molecule has 2 aromatic rings. The molecular weight excluding hydrogens is 274 g/mol. The number of carbonyl (C=O) groups is 1. The van der Waals surface area contributed by atoms with Crippen LogP contribution in [0.1, 0.15) is 52.6 Å². The van der Waals surface area contributed by atoms with Crippen molar-refractivity contribution in [3.8, 4) is 0 Å². The standard InChI is InChI=1S/C14H17N3O2S/c1-9-5-8-20-11(9)12(18)16-14(6-3-4-7-14)13-15-10(2)19-17-13/h5,8H,3-4,6-7H2,1-2H3,(H,16,18). The van der Waals surface area contributed by atoms with E-state index in [1.807, 2.05) is 18.4 Å². The lowest BCUT2D eigenvalue weighted by Crippen LogP contribution is -2.44. The third-order valence-electron chi connectivity index (χ3n) is 3.83. The molecule has 0 spiro atoms. The van der Waals surface area contributed by atoms with Crippen molar-refractivity contribution in [1.29, 1.82) is 0 Å². The summed E-state index contributed by atoms with van der Waals surface area (Å²) >= 11 is 1.46. The van der Waals surface area contributed by atoms with Gasteiger partial charge in [-0.25, -0.2) is 0 Å². The Hall–Kier alpha value is -1.69. The molecule has 1 aliphatic rings. The van der Waals surface area contributed by atoms with E-state index in [4.69, 9.17) is 4.52 Å². The van der Waals surface area contributed by atoms with Gasteiger partial charge in [-0.1, -0.05) is 18.0 Å². The van der Waals surface area contributed by atoms with Crippen LogP contribution in [0.2, 0.25) is 0 Å². The molecule has 6 heteroatoms. The lowest BCUT2D eigenvalue weighted by atomic mass is 9.96. The fraction of sp³-hybridized carbons (Fsp3) is 0.500. The van der Waals surface area contributed by atoms with Gasteiger partial charge in [0.2, 0.25) is 5.89 Å². The highest BCUT2D eigenvalue weighted by molar-refractivity contribution is 7.12. The van der Waals surface area contributed by atoms with Gasteiger partial charge in [-0.3, -0.25) is 4.79 Å². The van der Waals surface area contributed by atoms with E-state index in [9.17, 15) is 4.79 Å². The number of aromatic nitrogens is 2. The number of hydrogen-bond acceptors (Lipinski definition) is 5. The molecule has 2 aromatic heterocycles. The van der Waals surface area contributed by atoms with E-state index in [0.29, 0.717) is 11.7 Å². The Morgan fingerprint density at radius 3 is 2.70 bits per heavy atom. The van der Waals surface area contributed by atoms with Crippen molar-refractivity contribution in [2.45, 2.75) is 45.1 Å². The number of thiophene rings is 1. The summed E-state index contributed by atoms with van der Waals surface area (Å²) in [5.41, 5.74) is 0.538. The zero-order valence-electron chi connectivity index (χ0n) is 11.6. The summed E-state index contributed by atoms with van der Waals surface area (Å²) in [6.07, 6.45) is 3.86. The van der Waals surface area contributed by atoms with Crippen LogP contribution in [0.5, 0.6) is 0 Å². The second-order valence-electron chi connectivity index (χ2n) is 5.31. The van der Waals surface area contributed by atoms with Gasteiger partial charge in [-0.2, -0.15) is 4.98 Å². The highest BCUT2D eigenvalue weighted by atomic mass is 32.1. The first-order chi connectivity index (χ1) is 9.61. The topological polar surface area (TPSA) is 68.0 Å². The Bertz CT molecular complexity index is 626. The fourth-order valence-electron chi connectivity index (χ4n) is 2.76. The van der Waals surface area contributed by atoms with Crippen LogP contribution in [0.25, 0.3) is 0 Å². The van der Waals surface area contributed by atoms with E-state index >= 15 is 0 Å². The van der Waals surface area contributed by atoms with Crippen LogP contribution in [0.15, 0.2) is 16.0 Å². The molecule has 0 radical (unpaired) electrons. The minimum absolute atomic E-state index is 0.0400. The van der Waals surface area contributed by atoms with Crippen LogP contribution in [0, 0.1) is 13.8 Å². The van der Waals surface area contributed by atoms with Crippen molar-refractivity contribution in [2.24, 2.45) is 0 Å². The van der Waals surface area contributed by atoms with Crippen molar-refractivity contribution in [3.63, 3.8) is 0 Å². The average Bonchev–Trinajstić information content (AvgIpc) is 3.10. The Kier molecular flexibility index (Phi) is 3.33. The Balaban J connectivity index is 1.89. The number of aryl methyl sites for hydroxylation is 2. The number of rotatable bonds is 3. The first-order valence-electron chi connectivity index (χ1n) is 6.78. The second kappa shape index (κ2) is 5.01. The normalized spacial score (nSPS) is 17.3. The van der Waals surface area contributed by atoms with E-state index in [1.54, 1.807) is 6.92 Å². The predicted octanol–water partition coefficient (Wildman–Crippen LogP) is 2.95. The van der Waals surface area contributed by atoms with Gasteiger partial charge in [0.05, 0.1) is 4.88 Å². The first-order valence-corrected chi connectivity index (χ1v) is 7.66. The van der Waals surface area contributed by atoms with Crippen LogP contribution >= 0.6 is 11.3 Å². The van der Waals surface area contributed by atoms with Gasteiger partial charge in [0.1, 0.15) is 5.54 Å². The highest BCUT2D eigenvalue weighted by Gasteiger charge is 2.41. The maximum Gasteiger partial charge on any atom is 0.262 e. The number of carbonyl (C=O) groups excluding carboxylic acids is 1. The van der Waals surface area contributed by atoms with Crippen molar-refractivity contribution in [3.05, 3.63) is 33.6 Å². The zero-order chi connectivity index (χ0) is 14.2. The molecule has 20 heavy (non-hydrogen) atoms. The molecule has 106 valence electrons. The molecule has 0 bridgehead atoms. The van der Waals surface area contributed by atoms with Gasteiger partial charge < -0.3 is 9.84 Å². The number of amides is 1. The first kappa shape index (κ1) is 13.3. The van der Waals surface area contributed by atoms with Crippen molar-refractivity contribution in [1.82, 2.24) is 15.5 Å². The summed E-state index contributed by atoms with van der Waals surface area (Å²) in [7, 11) is 0. The fourth-order valence-corrected chi connectivity index (χ4v) is 3.58. The Morgan fingerprint density at radius 1 is 1.40 bits per heavy atom. The molecule has 1 N–H and O–H groups in total. The van der Waals surface area contributed by atoms with E-state index in [0.717, 1.165) is 36.1 Å². The van der Waals surface area contributed by atoms with Gasteiger partial charge in [0.25, 0.3) is 5.91 Å². The molecule has 0 aromatic carbocycles. The van der Waals surface area contributed by atoms with Gasteiger partial charge >= 0.3 is 0 Å². The zero-order valence-corrected chi connectivity index (χ0v) is 12.4. The van der Waals surface area contributed by atoms with E-state index < -0.39 is 5.54 Å². The van der Waals surface area contributed by atoms with Crippen molar-refractivity contribution >= 4 is 17.2 Å². The number of nitrogens with one attached hydrogen (secondary N) is 1. The smallest absolute Gasteiger partial charge is 0.262 e. The summed E-state index contributed by atoms with van der Waals surface area (Å²) in [5.74, 6) is 1.10. The quantitative estimate of drug-likeness (QED) is 0.944. The summed E-state index contributed by atoms with van der Waals surface area (Å²) < 4.78 is 5.09. The molecule has 0 atom stereocenters. The van der Waals surface area contributed by atoms with Crippen LogP contribution in [0.3, 0.4) is 0 Å². The third-order valence-corrected chi connectivity index (χ3v) is 4.85. The lowest BCUT2D eigenvalue weighted by molar-refractivity contribution is 0.0895. The van der Waals surface area contributed by atoms with Gasteiger partial charge in [-0.05, 0) is 36.8 Å². The number of hydrogen-bond donors (Lipinski definition) is 1. The molecule has 0 saturated heterocycles. The molecule has 1 saturated carbocycles. The summed E-state index contributed by atoms with van der Waals surface area (Å²) in [6.45, 7) is 3.72. The lowest BCUT2D eigenvalue weighted by Gasteiger charge is -2.26. The van der Waals surface area contributed by atoms with Gasteiger partial charge in [0, 0.05) is 6.92 Å².